The molecule has 4 rings (SSSR count). The molecular formula is C24H21Br2N3O6. The maximum absolute atomic E-state index is 13.5. The van der Waals surface area contributed by atoms with Gasteiger partial charge in [-0.15, -0.1) is 0 Å². The average molecular weight is 607 g/mol. The highest BCUT2D eigenvalue weighted by Crippen LogP contribution is 2.43. The molecule has 0 unspecified atom stereocenters. The molecule has 0 spiro atoms. The minimum atomic E-state index is -0.847. The van der Waals surface area contributed by atoms with Crippen molar-refractivity contribution >= 4 is 61.1 Å². The monoisotopic (exact) mass is 605 g/mol. The van der Waals surface area contributed by atoms with Gasteiger partial charge in [-0.1, -0.05) is 67.8 Å². The number of hydrazine groups is 1. The summed E-state index contributed by atoms with van der Waals surface area (Å²) in [6.07, 6.45) is 0.790. The van der Waals surface area contributed by atoms with Crippen LogP contribution in [0.1, 0.15) is 39.1 Å². The van der Waals surface area contributed by atoms with Gasteiger partial charge in [-0.05, 0) is 25.8 Å². The molecule has 0 N–H and O–H groups in total. The molecule has 1 heterocycles. The number of aryl methyl sites for hydroxylation is 1. The van der Waals surface area contributed by atoms with Gasteiger partial charge in [-0.3, -0.25) is 29.3 Å². The van der Waals surface area contributed by atoms with Gasteiger partial charge < -0.3 is 0 Å². The van der Waals surface area contributed by atoms with Crippen LogP contribution < -0.4 is 0 Å². The molecule has 0 radical (unpaired) electrons. The Morgan fingerprint density at radius 2 is 1.57 bits per heavy atom. The highest BCUT2D eigenvalue weighted by Gasteiger charge is 2.54. The number of nitro benzene ring substituents is 1. The quantitative estimate of drug-likeness (QED) is 0.161. The number of hydrogen-bond donors (Lipinski definition) is 0. The fraction of sp³-hybridized carbons (Fsp3) is 0.333. The summed E-state index contributed by atoms with van der Waals surface area (Å²) in [4.78, 5) is 63.9. The summed E-state index contributed by atoms with van der Waals surface area (Å²) in [7, 11) is 0. The standard InChI is InChI=1S/C24H21Br2N3O6/c1-13-5-7-14(8-6-13)21(30)12-27(22(31)15-3-2-4-16(9-15)29(34)35)28-23(32)17-10-19(25)20(26)11-18(17)24(28)33/h2-9,17-20H,10-12H2,1H3/t17-,18-,19+,20+/m1/s1. The van der Waals surface area contributed by atoms with Crippen molar-refractivity contribution in [3.05, 3.63) is 75.3 Å². The second-order valence-electron chi connectivity index (χ2n) is 8.66. The van der Waals surface area contributed by atoms with Gasteiger partial charge in [0.2, 0.25) is 0 Å². The first kappa shape index (κ1) is 25.2. The van der Waals surface area contributed by atoms with E-state index < -0.39 is 46.8 Å². The topological polar surface area (TPSA) is 118 Å². The molecule has 182 valence electrons. The highest BCUT2D eigenvalue weighted by molar-refractivity contribution is 9.12. The van der Waals surface area contributed by atoms with Crippen LogP contribution >= 0.6 is 31.9 Å². The molecule has 0 aromatic heterocycles. The van der Waals surface area contributed by atoms with Crippen molar-refractivity contribution in [3.63, 3.8) is 0 Å². The number of nitrogens with zero attached hydrogens (tertiary/aromatic N) is 3. The van der Waals surface area contributed by atoms with Gasteiger partial charge in [0.1, 0.15) is 6.54 Å². The number of halogens is 2. The van der Waals surface area contributed by atoms with Crippen LogP contribution in [0.4, 0.5) is 5.69 Å². The van der Waals surface area contributed by atoms with E-state index >= 15 is 0 Å². The van der Waals surface area contributed by atoms with E-state index in [1.165, 1.54) is 18.2 Å². The van der Waals surface area contributed by atoms with Gasteiger partial charge in [-0.2, -0.15) is 5.01 Å². The molecule has 35 heavy (non-hydrogen) atoms. The fourth-order valence-electron chi connectivity index (χ4n) is 4.42. The number of rotatable bonds is 6. The summed E-state index contributed by atoms with van der Waals surface area (Å²) in [6.45, 7) is 1.29. The van der Waals surface area contributed by atoms with Crippen LogP contribution in [0.2, 0.25) is 0 Å². The second-order valence-corrected chi connectivity index (χ2v) is 11.0. The summed E-state index contributed by atoms with van der Waals surface area (Å²) in [5, 5.41) is 12.8. The third-order valence-electron chi connectivity index (χ3n) is 6.33. The first-order chi connectivity index (χ1) is 16.6. The summed E-state index contributed by atoms with van der Waals surface area (Å²) in [6, 6.07) is 11.7. The summed E-state index contributed by atoms with van der Waals surface area (Å²) < 4.78 is 0. The van der Waals surface area contributed by atoms with E-state index in [2.05, 4.69) is 31.9 Å². The molecule has 2 aromatic carbocycles. The Kier molecular flexibility index (Phi) is 7.18. The molecule has 1 aliphatic heterocycles. The van der Waals surface area contributed by atoms with Gasteiger partial charge in [0.25, 0.3) is 23.4 Å². The van der Waals surface area contributed by atoms with Crippen LogP contribution in [0.5, 0.6) is 0 Å². The number of carbonyl (C=O) groups excluding carboxylic acids is 4. The van der Waals surface area contributed by atoms with Gasteiger partial charge in [0.15, 0.2) is 5.78 Å². The SMILES string of the molecule is Cc1ccc(C(=O)CN(C(=O)c2cccc([N+](=O)[O-])c2)N2C(=O)[C@@H]3C[C@H](Br)[C@@H](Br)C[C@H]3C2=O)cc1. The van der Waals surface area contributed by atoms with Crippen molar-refractivity contribution < 1.29 is 24.1 Å². The van der Waals surface area contributed by atoms with E-state index in [0.717, 1.165) is 21.6 Å². The first-order valence-electron chi connectivity index (χ1n) is 10.9. The highest BCUT2D eigenvalue weighted by atomic mass is 79.9. The lowest BCUT2D eigenvalue weighted by Crippen LogP contribution is -2.52. The minimum absolute atomic E-state index is 0.0319. The number of carbonyl (C=O) groups is 4. The Balaban J connectivity index is 1.72. The van der Waals surface area contributed by atoms with Crippen molar-refractivity contribution in [2.75, 3.05) is 6.54 Å². The molecule has 3 amide bonds. The summed E-state index contributed by atoms with van der Waals surface area (Å²) in [5.74, 6) is -3.69. The number of Topliss-reactive ketones (excluding diaryl/α,β-unsaturated/α-hetero) is 1. The van der Waals surface area contributed by atoms with Gasteiger partial charge >= 0.3 is 0 Å². The zero-order chi connectivity index (χ0) is 25.4. The normalized spacial score (nSPS) is 23.7. The third-order valence-corrected chi connectivity index (χ3v) is 9.07. The Hall–Kier alpha value is -2.92. The van der Waals surface area contributed by atoms with Crippen LogP contribution in [-0.4, -0.2) is 54.6 Å². The van der Waals surface area contributed by atoms with Crippen LogP contribution in [0.15, 0.2) is 48.5 Å². The number of fused-ring (bicyclic) bond motifs is 1. The lowest BCUT2D eigenvalue weighted by molar-refractivity contribution is -0.384. The van der Waals surface area contributed by atoms with E-state index in [1.807, 2.05) is 6.92 Å². The van der Waals surface area contributed by atoms with E-state index in [0.29, 0.717) is 18.4 Å². The number of hydrogen-bond acceptors (Lipinski definition) is 6. The average Bonchev–Trinajstić information content (AvgIpc) is 3.06. The molecule has 0 bridgehead atoms. The zero-order valence-electron chi connectivity index (χ0n) is 18.6. The molecule has 1 saturated heterocycles. The van der Waals surface area contributed by atoms with Gasteiger partial charge in [-0.25, -0.2) is 5.01 Å². The number of benzene rings is 2. The molecule has 2 aliphatic rings. The third kappa shape index (κ3) is 4.92. The molecule has 2 aromatic rings. The Morgan fingerprint density at radius 1 is 1.00 bits per heavy atom. The second kappa shape index (κ2) is 9.98. The smallest absolute Gasteiger partial charge is 0.273 e. The van der Waals surface area contributed by atoms with Crippen LogP contribution in [0, 0.1) is 28.9 Å². The summed E-state index contributed by atoms with van der Waals surface area (Å²) in [5.41, 5.74) is 0.819. The van der Waals surface area contributed by atoms with Crippen molar-refractivity contribution in [2.24, 2.45) is 11.8 Å². The molecule has 4 atom stereocenters. The molecule has 11 heteroatoms. The fourth-order valence-corrected chi connectivity index (χ4v) is 5.65. The number of amides is 3. The number of imide groups is 1. The minimum Gasteiger partial charge on any atom is -0.292 e. The van der Waals surface area contributed by atoms with E-state index in [1.54, 1.807) is 24.3 Å². The Morgan fingerprint density at radius 3 is 2.11 bits per heavy atom. The van der Waals surface area contributed by atoms with Gasteiger partial charge in [0.05, 0.1) is 16.8 Å². The van der Waals surface area contributed by atoms with Crippen molar-refractivity contribution in [1.29, 1.82) is 0 Å². The molecular weight excluding hydrogens is 586 g/mol. The number of nitro groups is 1. The van der Waals surface area contributed by atoms with E-state index in [9.17, 15) is 29.3 Å². The maximum Gasteiger partial charge on any atom is 0.273 e. The number of ketones is 1. The van der Waals surface area contributed by atoms with Gasteiger partial charge in [0, 0.05) is 32.9 Å². The van der Waals surface area contributed by atoms with Crippen LogP contribution in [-0.2, 0) is 9.59 Å². The van der Waals surface area contributed by atoms with Crippen molar-refractivity contribution in [2.45, 2.75) is 29.4 Å². The predicted octanol–water partition coefficient (Wildman–Crippen LogP) is 4.07. The van der Waals surface area contributed by atoms with Crippen molar-refractivity contribution in [1.82, 2.24) is 10.0 Å². The lowest BCUT2D eigenvalue weighted by atomic mass is 9.81. The number of alkyl halides is 2. The van der Waals surface area contributed by atoms with Crippen LogP contribution in [0.3, 0.4) is 0 Å². The first-order valence-corrected chi connectivity index (χ1v) is 12.7. The molecule has 1 saturated carbocycles. The molecule has 1 aliphatic carbocycles. The van der Waals surface area contributed by atoms with Crippen LogP contribution in [0.25, 0.3) is 0 Å². The molecule has 2 fully saturated rings. The zero-order valence-corrected chi connectivity index (χ0v) is 21.8. The Bertz CT molecular complexity index is 1190. The Labute approximate surface area is 217 Å². The maximum atomic E-state index is 13.5. The van der Waals surface area contributed by atoms with Crippen molar-refractivity contribution in [3.8, 4) is 0 Å². The van der Waals surface area contributed by atoms with E-state index in [-0.39, 0.29) is 20.9 Å². The summed E-state index contributed by atoms with van der Waals surface area (Å²) >= 11 is 7.06. The number of non-ortho nitro benzene ring substituents is 1. The molecule has 9 nitrogen and oxygen atoms in total. The largest absolute Gasteiger partial charge is 0.292 e. The van der Waals surface area contributed by atoms with E-state index in [4.69, 9.17) is 0 Å². The predicted molar refractivity (Wildman–Crippen MR) is 133 cm³/mol. The lowest BCUT2D eigenvalue weighted by Gasteiger charge is -2.30.